The fraction of sp³-hybridized carbons (Fsp3) is 0.800. The molecule has 1 fully saturated rings. The summed E-state index contributed by atoms with van der Waals surface area (Å²) < 4.78 is 5.38. The maximum absolute atomic E-state index is 6.15. The minimum Gasteiger partial charge on any atom is -0.374 e. The lowest BCUT2D eigenvalue weighted by atomic mass is 9.83. The normalized spacial score (nSPS) is 21.4. The minimum atomic E-state index is -0.107. The zero-order valence-electron chi connectivity index (χ0n) is 8.02. The van der Waals surface area contributed by atoms with Gasteiger partial charge in [-0.2, -0.15) is 0 Å². The van der Waals surface area contributed by atoms with E-state index >= 15 is 0 Å². The summed E-state index contributed by atoms with van der Waals surface area (Å²) >= 11 is 5.58. The van der Waals surface area contributed by atoms with Crippen molar-refractivity contribution in [3.8, 4) is 0 Å². The molecule has 76 valence electrons. The summed E-state index contributed by atoms with van der Waals surface area (Å²) in [4.78, 5) is 0. The van der Waals surface area contributed by atoms with Crippen LogP contribution in [0.5, 0.6) is 0 Å². The Morgan fingerprint density at radius 3 is 2.54 bits per heavy atom. The zero-order chi connectivity index (χ0) is 9.73. The van der Waals surface area contributed by atoms with E-state index in [1.165, 1.54) is 19.3 Å². The molecule has 0 heterocycles. The highest BCUT2D eigenvalue weighted by atomic mass is 35.5. The molecule has 0 atom stereocenters. The van der Waals surface area contributed by atoms with Crippen molar-refractivity contribution in [3.05, 3.63) is 11.6 Å². The first-order chi connectivity index (χ1) is 6.12. The summed E-state index contributed by atoms with van der Waals surface area (Å²) in [6.45, 7) is 4.59. The second-order valence-electron chi connectivity index (χ2n) is 3.93. The van der Waals surface area contributed by atoms with Gasteiger partial charge in [-0.1, -0.05) is 37.4 Å². The maximum atomic E-state index is 6.15. The molecule has 0 saturated heterocycles. The highest BCUT2D eigenvalue weighted by molar-refractivity contribution is 6.29. The average Bonchev–Trinajstić information content (AvgIpc) is 2.04. The van der Waals surface area contributed by atoms with E-state index in [1.54, 1.807) is 0 Å². The van der Waals surface area contributed by atoms with Crippen LogP contribution in [-0.4, -0.2) is 18.8 Å². The van der Waals surface area contributed by atoms with Crippen LogP contribution < -0.4 is 5.73 Å². The van der Waals surface area contributed by atoms with Crippen molar-refractivity contribution in [1.29, 1.82) is 0 Å². The maximum Gasteiger partial charge on any atom is 0.0817 e. The second kappa shape index (κ2) is 4.99. The Hall–Kier alpha value is -0.0500. The summed E-state index contributed by atoms with van der Waals surface area (Å²) in [5, 5.41) is 0.541. The predicted molar refractivity (Wildman–Crippen MR) is 55.8 cm³/mol. The molecule has 0 unspecified atom stereocenters. The summed E-state index contributed by atoms with van der Waals surface area (Å²) in [7, 11) is 0. The minimum absolute atomic E-state index is 0.107. The van der Waals surface area contributed by atoms with Gasteiger partial charge in [-0.05, 0) is 12.8 Å². The molecule has 3 heteroatoms. The van der Waals surface area contributed by atoms with Crippen LogP contribution in [0.15, 0.2) is 11.6 Å². The van der Waals surface area contributed by atoms with Gasteiger partial charge in [0.2, 0.25) is 0 Å². The molecule has 13 heavy (non-hydrogen) atoms. The van der Waals surface area contributed by atoms with E-state index in [4.69, 9.17) is 22.1 Å². The van der Waals surface area contributed by atoms with Crippen molar-refractivity contribution in [2.24, 2.45) is 5.73 Å². The number of rotatable bonds is 4. The fourth-order valence-electron chi connectivity index (χ4n) is 1.77. The molecule has 0 aromatic rings. The number of ether oxygens (including phenoxy) is 1. The van der Waals surface area contributed by atoms with Gasteiger partial charge in [0.1, 0.15) is 0 Å². The molecule has 2 nitrogen and oxygen atoms in total. The number of hydrogen-bond donors (Lipinski definition) is 1. The van der Waals surface area contributed by atoms with Gasteiger partial charge >= 0.3 is 0 Å². The van der Waals surface area contributed by atoms with Crippen LogP contribution in [0.4, 0.5) is 0 Å². The summed E-state index contributed by atoms with van der Waals surface area (Å²) in [5.74, 6) is 0. The first kappa shape index (κ1) is 11.0. The molecule has 0 aromatic heterocycles. The van der Waals surface area contributed by atoms with Crippen molar-refractivity contribution in [1.82, 2.24) is 0 Å². The van der Waals surface area contributed by atoms with Gasteiger partial charge in [0, 0.05) is 10.6 Å². The molecular weight excluding hydrogens is 186 g/mol. The third kappa shape index (κ3) is 4.12. The van der Waals surface area contributed by atoms with Crippen LogP contribution in [0.3, 0.4) is 0 Å². The smallest absolute Gasteiger partial charge is 0.0817 e. The monoisotopic (exact) mass is 203 g/mol. The van der Waals surface area contributed by atoms with Crippen molar-refractivity contribution >= 4 is 11.6 Å². The van der Waals surface area contributed by atoms with Crippen LogP contribution >= 0.6 is 11.6 Å². The molecule has 0 amide bonds. The Kier molecular flexibility index (Phi) is 4.23. The Labute approximate surface area is 85.1 Å². The summed E-state index contributed by atoms with van der Waals surface area (Å²) in [6.07, 6.45) is 5.90. The predicted octanol–water partition coefficient (Wildman–Crippen LogP) is 2.42. The van der Waals surface area contributed by atoms with Gasteiger partial charge in [0.25, 0.3) is 0 Å². The van der Waals surface area contributed by atoms with E-state index in [0.29, 0.717) is 18.2 Å². The van der Waals surface area contributed by atoms with E-state index in [9.17, 15) is 0 Å². The zero-order valence-corrected chi connectivity index (χ0v) is 8.78. The lowest BCUT2D eigenvalue weighted by Crippen LogP contribution is -2.46. The van der Waals surface area contributed by atoms with Gasteiger partial charge in [-0.3, -0.25) is 0 Å². The largest absolute Gasteiger partial charge is 0.374 e. The van der Waals surface area contributed by atoms with E-state index < -0.39 is 0 Å². The van der Waals surface area contributed by atoms with Gasteiger partial charge in [-0.25, -0.2) is 0 Å². The molecule has 1 aliphatic rings. The Morgan fingerprint density at radius 1 is 1.38 bits per heavy atom. The first-order valence-corrected chi connectivity index (χ1v) is 5.20. The van der Waals surface area contributed by atoms with Crippen molar-refractivity contribution in [3.63, 3.8) is 0 Å². The first-order valence-electron chi connectivity index (χ1n) is 4.82. The Bertz CT molecular complexity index is 176. The van der Waals surface area contributed by atoms with Gasteiger partial charge in [0.05, 0.1) is 13.2 Å². The van der Waals surface area contributed by atoms with Crippen LogP contribution in [-0.2, 0) is 4.74 Å². The Morgan fingerprint density at radius 2 is 2.00 bits per heavy atom. The van der Waals surface area contributed by atoms with Crippen molar-refractivity contribution < 1.29 is 4.74 Å². The van der Waals surface area contributed by atoms with Crippen LogP contribution in [0.25, 0.3) is 0 Å². The molecule has 0 spiro atoms. The highest BCUT2D eigenvalue weighted by Crippen LogP contribution is 2.26. The van der Waals surface area contributed by atoms with Gasteiger partial charge < -0.3 is 10.5 Å². The van der Waals surface area contributed by atoms with Crippen LogP contribution in [0.1, 0.15) is 32.1 Å². The lowest BCUT2D eigenvalue weighted by Gasteiger charge is -2.32. The van der Waals surface area contributed by atoms with Crippen molar-refractivity contribution in [2.45, 2.75) is 37.6 Å². The molecule has 0 radical (unpaired) electrons. The summed E-state index contributed by atoms with van der Waals surface area (Å²) in [5.41, 5.74) is 6.04. The SMILES string of the molecule is C=C(Cl)COCC1(N)CCCCC1. The van der Waals surface area contributed by atoms with Gasteiger partial charge in [0.15, 0.2) is 0 Å². The molecule has 1 aliphatic carbocycles. The summed E-state index contributed by atoms with van der Waals surface area (Å²) in [6, 6.07) is 0. The molecule has 0 bridgehead atoms. The van der Waals surface area contributed by atoms with E-state index in [0.717, 1.165) is 12.8 Å². The second-order valence-corrected chi connectivity index (χ2v) is 4.47. The molecule has 1 rings (SSSR count). The van der Waals surface area contributed by atoms with E-state index in [2.05, 4.69) is 6.58 Å². The topological polar surface area (TPSA) is 35.2 Å². The fourth-order valence-corrected chi connectivity index (χ4v) is 1.84. The molecule has 0 aromatic carbocycles. The molecule has 1 saturated carbocycles. The third-order valence-electron chi connectivity index (χ3n) is 2.50. The molecular formula is C10H18ClNO. The quantitative estimate of drug-likeness (QED) is 0.762. The van der Waals surface area contributed by atoms with Crippen molar-refractivity contribution in [2.75, 3.05) is 13.2 Å². The number of nitrogens with two attached hydrogens (primary N) is 1. The standard InChI is InChI=1S/C10H18ClNO/c1-9(11)7-13-8-10(12)5-3-2-4-6-10/h1-8,12H2. The van der Waals surface area contributed by atoms with Gasteiger partial charge in [-0.15, -0.1) is 0 Å². The van der Waals surface area contributed by atoms with E-state index in [-0.39, 0.29) is 5.54 Å². The number of hydrogen-bond acceptors (Lipinski definition) is 2. The lowest BCUT2D eigenvalue weighted by molar-refractivity contribution is 0.0843. The molecule has 2 N–H and O–H groups in total. The highest BCUT2D eigenvalue weighted by Gasteiger charge is 2.27. The van der Waals surface area contributed by atoms with Crippen LogP contribution in [0.2, 0.25) is 0 Å². The van der Waals surface area contributed by atoms with Crippen LogP contribution in [0, 0.1) is 0 Å². The molecule has 0 aliphatic heterocycles. The Balaban J connectivity index is 2.21. The number of halogens is 1. The third-order valence-corrected chi connectivity index (χ3v) is 2.61. The van der Waals surface area contributed by atoms with E-state index in [1.807, 2.05) is 0 Å². The average molecular weight is 204 g/mol.